The standard InChI is InChI=1S/C18H27N3O5S/c1-4-26-18(23)20-8-10-21(11-9-20)27(24,25)12-7-19-17(22)16-6-5-14(2)15(3)13-16/h5-6,13H,4,7-12H2,1-3H3,(H,19,22). The molecule has 1 aliphatic heterocycles. The van der Waals surface area contributed by atoms with Crippen molar-refractivity contribution in [2.24, 2.45) is 0 Å². The van der Waals surface area contributed by atoms with Gasteiger partial charge >= 0.3 is 6.09 Å². The predicted molar refractivity (Wildman–Crippen MR) is 102 cm³/mol. The fraction of sp³-hybridized carbons (Fsp3) is 0.556. The number of sulfonamides is 1. The van der Waals surface area contributed by atoms with Crippen molar-refractivity contribution in [2.45, 2.75) is 20.8 Å². The minimum absolute atomic E-state index is 0.0339. The van der Waals surface area contributed by atoms with E-state index in [1.807, 2.05) is 19.9 Å². The van der Waals surface area contributed by atoms with Crippen LogP contribution in [-0.2, 0) is 14.8 Å². The first kappa shape index (κ1) is 21.2. The highest BCUT2D eigenvalue weighted by molar-refractivity contribution is 7.89. The van der Waals surface area contributed by atoms with Gasteiger partial charge in [-0.3, -0.25) is 4.79 Å². The van der Waals surface area contributed by atoms with Gasteiger partial charge in [-0.25, -0.2) is 13.2 Å². The maximum absolute atomic E-state index is 12.4. The number of hydrogen-bond acceptors (Lipinski definition) is 5. The van der Waals surface area contributed by atoms with Crippen molar-refractivity contribution in [1.82, 2.24) is 14.5 Å². The quantitative estimate of drug-likeness (QED) is 0.776. The smallest absolute Gasteiger partial charge is 0.409 e. The van der Waals surface area contributed by atoms with Crippen LogP contribution in [0.15, 0.2) is 18.2 Å². The Kier molecular flexibility index (Phi) is 7.20. The average molecular weight is 397 g/mol. The first-order valence-electron chi connectivity index (χ1n) is 8.99. The average Bonchev–Trinajstić information content (AvgIpc) is 2.64. The van der Waals surface area contributed by atoms with Gasteiger partial charge < -0.3 is 15.0 Å². The van der Waals surface area contributed by atoms with Crippen LogP contribution in [0.5, 0.6) is 0 Å². The number of aryl methyl sites for hydroxylation is 2. The van der Waals surface area contributed by atoms with Gasteiger partial charge in [0, 0.05) is 38.3 Å². The highest BCUT2D eigenvalue weighted by Gasteiger charge is 2.29. The molecule has 1 aromatic rings. The lowest BCUT2D eigenvalue weighted by atomic mass is 10.1. The van der Waals surface area contributed by atoms with Crippen molar-refractivity contribution >= 4 is 22.0 Å². The third kappa shape index (κ3) is 5.67. The Bertz CT molecular complexity index is 786. The lowest BCUT2D eigenvalue weighted by Crippen LogP contribution is -2.51. The lowest BCUT2D eigenvalue weighted by Gasteiger charge is -2.33. The van der Waals surface area contributed by atoms with Gasteiger partial charge in [-0.15, -0.1) is 0 Å². The minimum Gasteiger partial charge on any atom is -0.450 e. The fourth-order valence-electron chi connectivity index (χ4n) is 2.77. The van der Waals surface area contributed by atoms with Crippen molar-refractivity contribution in [2.75, 3.05) is 45.1 Å². The molecule has 0 bridgehead atoms. The van der Waals surface area contributed by atoms with Gasteiger partial charge in [0.1, 0.15) is 0 Å². The zero-order valence-electron chi connectivity index (χ0n) is 16.0. The molecule has 1 fully saturated rings. The predicted octanol–water partition coefficient (Wildman–Crippen LogP) is 1.14. The monoisotopic (exact) mass is 397 g/mol. The van der Waals surface area contributed by atoms with E-state index in [1.54, 1.807) is 19.1 Å². The molecule has 0 saturated carbocycles. The van der Waals surface area contributed by atoms with Crippen LogP contribution in [0.3, 0.4) is 0 Å². The highest BCUT2D eigenvalue weighted by Crippen LogP contribution is 2.11. The number of carbonyl (C=O) groups is 2. The maximum atomic E-state index is 12.4. The number of amides is 2. The molecule has 0 atom stereocenters. The summed E-state index contributed by atoms with van der Waals surface area (Å²) in [6, 6.07) is 5.37. The Labute approximate surface area is 160 Å². The van der Waals surface area contributed by atoms with Crippen LogP contribution in [0.1, 0.15) is 28.4 Å². The Morgan fingerprint density at radius 3 is 2.37 bits per heavy atom. The summed E-state index contributed by atoms with van der Waals surface area (Å²) in [5.74, 6) is -0.469. The van der Waals surface area contributed by atoms with Crippen LogP contribution in [0.25, 0.3) is 0 Å². The molecule has 1 aromatic carbocycles. The van der Waals surface area contributed by atoms with E-state index in [-0.39, 0.29) is 37.9 Å². The summed E-state index contributed by atoms with van der Waals surface area (Å²) in [4.78, 5) is 25.3. The first-order chi connectivity index (χ1) is 12.7. The molecule has 0 aromatic heterocycles. The summed E-state index contributed by atoms with van der Waals surface area (Å²) in [6.07, 6.45) is -0.421. The summed E-state index contributed by atoms with van der Waals surface area (Å²) >= 11 is 0. The van der Waals surface area contributed by atoms with E-state index in [4.69, 9.17) is 4.74 Å². The second-order valence-corrected chi connectivity index (χ2v) is 8.54. The number of ether oxygens (including phenoxy) is 1. The third-order valence-electron chi connectivity index (χ3n) is 4.57. The van der Waals surface area contributed by atoms with Gasteiger partial charge in [-0.2, -0.15) is 4.31 Å². The van der Waals surface area contributed by atoms with Crippen molar-refractivity contribution < 1.29 is 22.7 Å². The number of hydrogen-bond donors (Lipinski definition) is 1. The minimum atomic E-state index is -3.50. The van der Waals surface area contributed by atoms with Gasteiger partial charge in [0.25, 0.3) is 5.91 Å². The van der Waals surface area contributed by atoms with Crippen LogP contribution >= 0.6 is 0 Å². The Hall–Kier alpha value is -2.13. The SMILES string of the molecule is CCOC(=O)N1CCN(S(=O)(=O)CCNC(=O)c2ccc(C)c(C)c2)CC1. The van der Waals surface area contributed by atoms with Crippen LogP contribution in [0, 0.1) is 13.8 Å². The third-order valence-corrected chi connectivity index (χ3v) is 6.44. The molecule has 8 nitrogen and oxygen atoms in total. The molecular weight excluding hydrogens is 370 g/mol. The van der Waals surface area contributed by atoms with Crippen molar-refractivity contribution in [3.8, 4) is 0 Å². The molecule has 0 spiro atoms. The normalized spacial score (nSPS) is 15.4. The van der Waals surface area contributed by atoms with E-state index in [2.05, 4.69) is 5.32 Å². The van der Waals surface area contributed by atoms with Gasteiger partial charge in [0.05, 0.1) is 12.4 Å². The zero-order valence-corrected chi connectivity index (χ0v) is 16.8. The summed E-state index contributed by atoms with van der Waals surface area (Å²) in [6.45, 7) is 6.99. The number of rotatable bonds is 6. The molecule has 2 amide bonds. The van der Waals surface area contributed by atoms with Gasteiger partial charge in [0.2, 0.25) is 10.0 Å². The van der Waals surface area contributed by atoms with Gasteiger partial charge in [-0.1, -0.05) is 6.07 Å². The molecule has 0 aliphatic carbocycles. The number of benzene rings is 1. The van der Waals surface area contributed by atoms with Crippen molar-refractivity contribution in [3.63, 3.8) is 0 Å². The molecule has 2 rings (SSSR count). The highest BCUT2D eigenvalue weighted by atomic mass is 32.2. The van der Waals surface area contributed by atoms with Crippen LogP contribution in [0.4, 0.5) is 4.79 Å². The molecular formula is C18H27N3O5S. The molecule has 0 radical (unpaired) electrons. The van der Waals surface area contributed by atoms with Crippen LogP contribution < -0.4 is 5.32 Å². The zero-order chi connectivity index (χ0) is 20.0. The second kappa shape index (κ2) is 9.18. The number of nitrogens with zero attached hydrogens (tertiary/aromatic N) is 2. The van der Waals surface area contributed by atoms with E-state index in [9.17, 15) is 18.0 Å². The molecule has 1 N–H and O–H groups in total. The maximum Gasteiger partial charge on any atom is 0.409 e. The Morgan fingerprint density at radius 2 is 1.78 bits per heavy atom. The largest absolute Gasteiger partial charge is 0.450 e. The molecule has 150 valence electrons. The number of nitrogens with one attached hydrogen (secondary N) is 1. The van der Waals surface area contributed by atoms with E-state index in [1.165, 1.54) is 9.21 Å². The lowest BCUT2D eigenvalue weighted by molar-refractivity contribution is 0.0928. The Morgan fingerprint density at radius 1 is 1.11 bits per heavy atom. The Balaban J connectivity index is 1.82. The number of carbonyl (C=O) groups excluding carboxylic acids is 2. The molecule has 27 heavy (non-hydrogen) atoms. The molecule has 1 saturated heterocycles. The summed E-state index contributed by atoms with van der Waals surface area (Å²) in [7, 11) is -3.50. The van der Waals surface area contributed by atoms with E-state index >= 15 is 0 Å². The topological polar surface area (TPSA) is 96.0 Å². The van der Waals surface area contributed by atoms with Crippen molar-refractivity contribution in [3.05, 3.63) is 34.9 Å². The van der Waals surface area contributed by atoms with Gasteiger partial charge in [-0.05, 0) is 44.0 Å². The molecule has 1 aliphatic rings. The first-order valence-corrected chi connectivity index (χ1v) is 10.6. The summed E-state index contributed by atoms with van der Waals surface area (Å²) < 4.78 is 31.2. The summed E-state index contributed by atoms with van der Waals surface area (Å²) in [5, 5.41) is 2.66. The second-order valence-electron chi connectivity index (χ2n) is 6.46. The van der Waals surface area contributed by atoms with E-state index in [0.29, 0.717) is 18.7 Å². The van der Waals surface area contributed by atoms with E-state index in [0.717, 1.165) is 11.1 Å². The number of piperazine rings is 1. The molecule has 1 heterocycles. The van der Waals surface area contributed by atoms with Crippen molar-refractivity contribution in [1.29, 1.82) is 0 Å². The molecule has 0 unspecified atom stereocenters. The fourth-order valence-corrected chi connectivity index (χ4v) is 4.11. The van der Waals surface area contributed by atoms with Crippen LogP contribution in [-0.4, -0.2) is 74.7 Å². The van der Waals surface area contributed by atoms with Crippen LogP contribution in [0.2, 0.25) is 0 Å². The van der Waals surface area contributed by atoms with Gasteiger partial charge in [0.15, 0.2) is 0 Å². The van der Waals surface area contributed by atoms with E-state index < -0.39 is 16.1 Å². The summed E-state index contributed by atoms with van der Waals surface area (Å²) in [5.41, 5.74) is 2.62. The molecule has 9 heteroatoms.